The predicted octanol–water partition coefficient (Wildman–Crippen LogP) is 1.92. The second-order valence-corrected chi connectivity index (χ2v) is 6.04. The summed E-state index contributed by atoms with van der Waals surface area (Å²) in [6.45, 7) is 2.52. The normalized spacial score (nSPS) is 17.6. The number of nitrogens with zero attached hydrogens (tertiary/aromatic N) is 6. The van der Waals surface area contributed by atoms with Crippen molar-refractivity contribution in [2.24, 2.45) is 13.0 Å². The number of carbonyl (C=O) groups excluding carboxylic acids is 1. The Kier molecular flexibility index (Phi) is 3.13. The second kappa shape index (κ2) is 5.20. The van der Waals surface area contributed by atoms with E-state index in [1.54, 1.807) is 20.3 Å². The van der Waals surface area contributed by atoms with Crippen molar-refractivity contribution in [1.82, 2.24) is 19.4 Å². The molecule has 0 saturated carbocycles. The van der Waals surface area contributed by atoms with E-state index >= 15 is 0 Å². The van der Waals surface area contributed by atoms with Crippen LogP contribution >= 0.6 is 0 Å². The molecule has 7 nitrogen and oxygen atoms in total. The zero-order chi connectivity index (χ0) is 16.8. The number of amides is 1. The Morgan fingerprint density at radius 1 is 1.38 bits per heavy atom. The first-order valence-electron chi connectivity index (χ1n) is 7.77. The molecular weight excluding hydrogens is 304 g/mol. The summed E-state index contributed by atoms with van der Waals surface area (Å²) in [5.41, 5.74) is 4.63. The zero-order valence-electron chi connectivity index (χ0n) is 13.5. The number of carbonyl (C=O) groups is 1. The molecule has 4 heterocycles. The zero-order valence-corrected chi connectivity index (χ0v) is 13.5. The molecule has 7 heteroatoms. The molecule has 24 heavy (non-hydrogen) atoms. The van der Waals surface area contributed by atoms with E-state index < -0.39 is 5.92 Å². The Labute approximate surface area is 138 Å². The van der Waals surface area contributed by atoms with Crippen LogP contribution in [-0.2, 0) is 11.8 Å². The fraction of sp³-hybridized carbons (Fsp3) is 0.294. The molecule has 0 radical (unpaired) electrons. The van der Waals surface area contributed by atoms with E-state index in [-0.39, 0.29) is 5.91 Å². The SMILES string of the molecule is Cc1nn(C)cc1-c1cc2c(N3CCC(C#N)C3=O)ccnn2c1. The third-order valence-electron chi connectivity index (χ3n) is 4.46. The first-order chi connectivity index (χ1) is 11.6. The highest BCUT2D eigenvalue weighted by atomic mass is 16.2. The van der Waals surface area contributed by atoms with Crippen molar-refractivity contribution in [2.75, 3.05) is 11.4 Å². The van der Waals surface area contributed by atoms with Gasteiger partial charge >= 0.3 is 0 Å². The van der Waals surface area contributed by atoms with Crippen LogP contribution in [0, 0.1) is 24.2 Å². The first-order valence-corrected chi connectivity index (χ1v) is 7.77. The minimum Gasteiger partial charge on any atom is -0.309 e. The van der Waals surface area contributed by atoms with Gasteiger partial charge in [-0.05, 0) is 25.5 Å². The van der Waals surface area contributed by atoms with Gasteiger partial charge in [-0.2, -0.15) is 15.5 Å². The molecule has 1 atom stereocenters. The number of hydrogen-bond donors (Lipinski definition) is 0. The molecule has 1 saturated heterocycles. The smallest absolute Gasteiger partial charge is 0.244 e. The van der Waals surface area contributed by atoms with Crippen LogP contribution < -0.4 is 4.90 Å². The molecule has 0 bridgehead atoms. The maximum Gasteiger partial charge on any atom is 0.244 e. The quantitative estimate of drug-likeness (QED) is 0.722. The van der Waals surface area contributed by atoms with Crippen LogP contribution in [0.4, 0.5) is 5.69 Å². The lowest BCUT2D eigenvalue weighted by Crippen LogP contribution is -2.27. The number of aryl methyl sites for hydroxylation is 2. The minimum atomic E-state index is -0.548. The average molecular weight is 320 g/mol. The summed E-state index contributed by atoms with van der Waals surface area (Å²) < 4.78 is 3.55. The maximum absolute atomic E-state index is 12.4. The molecule has 0 N–H and O–H groups in total. The number of fused-ring (bicyclic) bond motifs is 1. The van der Waals surface area contributed by atoms with Gasteiger partial charge in [0, 0.05) is 43.3 Å². The van der Waals surface area contributed by atoms with Crippen LogP contribution in [-0.4, -0.2) is 31.8 Å². The first kappa shape index (κ1) is 14.5. The molecular formula is C17H16N6O. The summed E-state index contributed by atoms with van der Waals surface area (Å²) in [7, 11) is 1.89. The van der Waals surface area contributed by atoms with Crippen molar-refractivity contribution in [3.63, 3.8) is 0 Å². The summed E-state index contributed by atoms with van der Waals surface area (Å²) in [4.78, 5) is 14.1. The fourth-order valence-corrected chi connectivity index (χ4v) is 3.30. The molecule has 3 aromatic rings. The maximum atomic E-state index is 12.4. The van der Waals surface area contributed by atoms with Gasteiger partial charge in [0.25, 0.3) is 0 Å². The van der Waals surface area contributed by atoms with E-state index in [9.17, 15) is 4.79 Å². The van der Waals surface area contributed by atoms with E-state index in [2.05, 4.69) is 16.3 Å². The summed E-state index contributed by atoms with van der Waals surface area (Å²) in [5, 5.41) is 17.8. The van der Waals surface area contributed by atoms with Crippen molar-refractivity contribution < 1.29 is 4.79 Å². The van der Waals surface area contributed by atoms with Gasteiger partial charge in [0.05, 0.1) is 23.0 Å². The molecule has 0 aromatic carbocycles. The van der Waals surface area contributed by atoms with Gasteiger partial charge in [-0.1, -0.05) is 0 Å². The van der Waals surface area contributed by atoms with Gasteiger partial charge in [0.1, 0.15) is 5.92 Å². The molecule has 1 aliphatic rings. The van der Waals surface area contributed by atoms with Gasteiger partial charge in [0.15, 0.2) is 0 Å². The lowest BCUT2D eigenvalue weighted by molar-refractivity contribution is -0.118. The Hall–Kier alpha value is -3.14. The number of nitriles is 1. The van der Waals surface area contributed by atoms with Crippen LogP contribution in [0.15, 0.2) is 30.7 Å². The molecule has 0 aliphatic carbocycles. The molecule has 4 rings (SSSR count). The number of anilines is 1. The highest BCUT2D eigenvalue weighted by molar-refractivity contribution is 6.02. The average Bonchev–Trinajstić information content (AvgIpc) is 3.23. The number of rotatable bonds is 2. The number of hydrogen-bond acceptors (Lipinski definition) is 4. The van der Waals surface area contributed by atoms with Crippen molar-refractivity contribution in [3.05, 3.63) is 36.4 Å². The Balaban J connectivity index is 1.83. The predicted molar refractivity (Wildman–Crippen MR) is 88.2 cm³/mol. The van der Waals surface area contributed by atoms with E-state index in [0.717, 1.165) is 28.0 Å². The van der Waals surface area contributed by atoms with Crippen LogP contribution in [0.25, 0.3) is 16.6 Å². The third-order valence-corrected chi connectivity index (χ3v) is 4.46. The summed E-state index contributed by atoms with van der Waals surface area (Å²) in [5.74, 6) is -0.681. The molecule has 1 fully saturated rings. The lowest BCUT2D eigenvalue weighted by atomic mass is 10.1. The standard InChI is InChI=1S/C17H16N6O/c1-11-14(10-21(2)20-11)13-7-16-15(3-5-19-23(16)9-13)22-6-4-12(8-18)17(22)24/h3,5,7,9-10,12H,4,6H2,1-2H3. The highest BCUT2D eigenvalue weighted by Crippen LogP contribution is 2.32. The third kappa shape index (κ3) is 2.07. The summed E-state index contributed by atoms with van der Waals surface area (Å²) in [6.07, 6.45) is 6.15. The molecule has 1 amide bonds. The van der Waals surface area contributed by atoms with E-state index in [4.69, 9.17) is 5.26 Å². The largest absolute Gasteiger partial charge is 0.309 e. The van der Waals surface area contributed by atoms with Gasteiger partial charge < -0.3 is 4.90 Å². The fourth-order valence-electron chi connectivity index (χ4n) is 3.30. The second-order valence-electron chi connectivity index (χ2n) is 6.04. The Morgan fingerprint density at radius 3 is 2.88 bits per heavy atom. The highest BCUT2D eigenvalue weighted by Gasteiger charge is 2.33. The molecule has 0 spiro atoms. The van der Waals surface area contributed by atoms with E-state index in [1.807, 2.05) is 38.5 Å². The summed E-state index contributed by atoms with van der Waals surface area (Å²) in [6, 6.07) is 5.92. The van der Waals surface area contributed by atoms with Crippen LogP contribution in [0.2, 0.25) is 0 Å². The topological polar surface area (TPSA) is 79.2 Å². The van der Waals surface area contributed by atoms with Crippen molar-refractivity contribution in [1.29, 1.82) is 5.26 Å². The lowest BCUT2D eigenvalue weighted by Gasteiger charge is -2.16. The Morgan fingerprint density at radius 2 is 2.21 bits per heavy atom. The molecule has 1 unspecified atom stereocenters. The number of aromatic nitrogens is 4. The molecule has 1 aliphatic heterocycles. The Bertz CT molecular complexity index is 992. The van der Waals surface area contributed by atoms with Crippen LogP contribution in [0.5, 0.6) is 0 Å². The van der Waals surface area contributed by atoms with E-state index in [1.165, 1.54) is 0 Å². The van der Waals surface area contributed by atoms with Crippen LogP contribution in [0.3, 0.4) is 0 Å². The van der Waals surface area contributed by atoms with Crippen molar-refractivity contribution in [3.8, 4) is 17.2 Å². The molecule has 3 aromatic heterocycles. The van der Waals surface area contributed by atoms with Gasteiger partial charge in [-0.15, -0.1) is 0 Å². The minimum absolute atomic E-state index is 0.133. The summed E-state index contributed by atoms with van der Waals surface area (Å²) >= 11 is 0. The van der Waals surface area contributed by atoms with Crippen molar-refractivity contribution in [2.45, 2.75) is 13.3 Å². The molecule has 120 valence electrons. The van der Waals surface area contributed by atoms with Crippen molar-refractivity contribution >= 4 is 17.1 Å². The van der Waals surface area contributed by atoms with E-state index in [0.29, 0.717) is 13.0 Å². The van der Waals surface area contributed by atoms with Gasteiger partial charge in [-0.3, -0.25) is 9.48 Å². The monoisotopic (exact) mass is 320 g/mol. The van der Waals surface area contributed by atoms with Gasteiger partial charge in [-0.25, -0.2) is 4.52 Å². The van der Waals surface area contributed by atoms with Crippen LogP contribution in [0.1, 0.15) is 12.1 Å². The van der Waals surface area contributed by atoms with Gasteiger partial charge in [0.2, 0.25) is 5.91 Å².